The lowest BCUT2D eigenvalue weighted by Crippen LogP contribution is -1.92. The fourth-order valence-corrected chi connectivity index (χ4v) is 2.58. The van der Waals surface area contributed by atoms with Crippen molar-refractivity contribution in [1.82, 2.24) is 0 Å². The van der Waals surface area contributed by atoms with Gasteiger partial charge in [0.2, 0.25) is 6.79 Å². The van der Waals surface area contributed by atoms with Crippen LogP contribution < -0.4 is 9.47 Å². The number of hydrogen-bond acceptors (Lipinski definition) is 4. The van der Waals surface area contributed by atoms with Crippen LogP contribution in [0, 0.1) is 0 Å². The maximum Gasteiger partial charge on any atom is 0.231 e. The molecule has 1 aliphatic heterocycles. The molecule has 0 bridgehead atoms. The minimum atomic E-state index is 0.294. The van der Waals surface area contributed by atoms with E-state index in [0.717, 1.165) is 22.1 Å². The molecule has 0 aromatic heterocycles. The molecule has 2 aromatic carbocycles. The topological polar surface area (TPSA) is 38.7 Å². The van der Waals surface area contributed by atoms with Crippen molar-refractivity contribution in [1.29, 1.82) is 0 Å². The molecule has 0 fully saturated rings. The predicted molar refractivity (Wildman–Crippen MR) is 70.2 cm³/mol. The Morgan fingerprint density at radius 2 is 1.78 bits per heavy atom. The summed E-state index contributed by atoms with van der Waals surface area (Å²) < 4.78 is 10.6. The van der Waals surface area contributed by atoms with Crippen molar-refractivity contribution in [2.24, 2.45) is 0 Å². The van der Waals surface area contributed by atoms with Gasteiger partial charge in [0.05, 0.1) is 0 Å². The van der Waals surface area contributed by atoms with Crippen molar-refractivity contribution in [2.75, 3.05) is 6.79 Å². The van der Waals surface area contributed by atoms with Crippen LogP contribution in [-0.2, 0) is 5.75 Å². The van der Waals surface area contributed by atoms with Crippen LogP contribution in [0.25, 0.3) is 0 Å². The fraction of sp³-hybridized carbons (Fsp3) is 0.143. The molecule has 0 radical (unpaired) electrons. The molecule has 0 saturated carbocycles. The first-order valence-corrected chi connectivity index (χ1v) is 6.60. The number of phenols is 1. The largest absolute Gasteiger partial charge is 0.508 e. The fourth-order valence-electron chi connectivity index (χ4n) is 1.74. The number of thioether (sulfide) groups is 1. The maximum atomic E-state index is 9.21. The van der Waals surface area contributed by atoms with Crippen LogP contribution in [0.1, 0.15) is 5.56 Å². The Morgan fingerprint density at radius 1 is 1.00 bits per heavy atom. The van der Waals surface area contributed by atoms with E-state index in [2.05, 4.69) is 0 Å². The summed E-state index contributed by atoms with van der Waals surface area (Å²) in [7, 11) is 0. The van der Waals surface area contributed by atoms with E-state index < -0.39 is 0 Å². The SMILES string of the molecule is Oc1ccc(SCc2ccc3c(c2)OCO3)cc1. The van der Waals surface area contributed by atoms with E-state index in [9.17, 15) is 5.11 Å². The third kappa shape index (κ3) is 2.38. The molecule has 0 unspecified atom stereocenters. The average molecular weight is 260 g/mol. The Morgan fingerprint density at radius 3 is 2.61 bits per heavy atom. The zero-order valence-corrected chi connectivity index (χ0v) is 10.4. The first-order valence-electron chi connectivity index (χ1n) is 5.61. The van der Waals surface area contributed by atoms with Gasteiger partial charge >= 0.3 is 0 Å². The van der Waals surface area contributed by atoms with Gasteiger partial charge in [-0.15, -0.1) is 11.8 Å². The molecule has 0 saturated heterocycles. The summed E-state index contributed by atoms with van der Waals surface area (Å²) in [4.78, 5) is 1.13. The number of benzene rings is 2. The zero-order valence-electron chi connectivity index (χ0n) is 9.63. The van der Waals surface area contributed by atoms with Crippen LogP contribution in [0.15, 0.2) is 47.4 Å². The first kappa shape index (κ1) is 11.3. The Kier molecular flexibility index (Phi) is 3.02. The molecule has 0 atom stereocenters. The third-order valence-corrected chi connectivity index (χ3v) is 3.76. The van der Waals surface area contributed by atoms with Crippen LogP contribution >= 0.6 is 11.8 Å². The third-order valence-electron chi connectivity index (χ3n) is 2.68. The lowest BCUT2D eigenvalue weighted by Gasteiger charge is -2.03. The van der Waals surface area contributed by atoms with E-state index in [0.29, 0.717) is 12.5 Å². The second-order valence-electron chi connectivity index (χ2n) is 3.97. The van der Waals surface area contributed by atoms with Gasteiger partial charge in [0, 0.05) is 10.6 Å². The Labute approximate surface area is 109 Å². The lowest BCUT2D eigenvalue weighted by atomic mass is 10.2. The van der Waals surface area contributed by atoms with Gasteiger partial charge in [0.15, 0.2) is 11.5 Å². The molecule has 0 spiro atoms. The van der Waals surface area contributed by atoms with Crippen molar-refractivity contribution >= 4 is 11.8 Å². The van der Waals surface area contributed by atoms with Crippen LogP contribution in [0.2, 0.25) is 0 Å². The van der Waals surface area contributed by atoms with Crippen LogP contribution in [0.4, 0.5) is 0 Å². The summed E-state index contributed by atoms with van der Waals surface area (Å²) in [6.07, 6.45) is 0. The van der Waals surface area contributed by atoms with E-state index in [-0.39, 0.29) is 0 Å². The van der Waals surface area contributed by atoms with Gasteiger partial charge in [-0.25, -0.2) is 0 Å². The van der Waals surface area contributed by atoms with Gasteiger partial charge < -0.3 is 14.6 Å². The number of rotatable bonds is 3. The van der Waals surface area contributed by atoms with E-state index in [4.69, 9.17) is 9.47 Å². The number of ether oxygens (including phenoxy) is 2. The van der Waals surface area contributed by atoms with E-state index >= 15 is 0 Å². The summed E-state index contributed by atoms with van der Waals surface area (Å²) in [5.74, 6) is 2.79. The van der Waals surface area contributed by atoms with Crippen LogP contribution in [0.5, 0.6) is 17.2 Å². The van der Waals surface area contributed by atoms with Gasteiger partial charge in [-0.05, 0) is 42.0 Å². The smallest absolute Gasteiger partial charge is 0.231 e. The van der Waals surface area contributed by atoms with E-state index in [1.165, 1.54) is 5.56 Å². The first-order chi connectivity index (χ1) is 8.81. The molecule has 18 heavy (non-hydrogen) atoms. The summed E-state index contributed by atoms with van der Waals surface area (Å²) in [6, 6.07) is 13.2. The van der Waals surface area contributed by atoms with E-state index in [1.54, 1.807) is 23.9 Å². The number of aromatic hydroxyl groups is 1. The number of hydrogen-bond donors (Lipinski definition) is 1. The van der Waals surface area contributed by atoms with Gasteiger partial charge in [0.25, 0.3) is 0 Å². The minimum Gasteiger partial charge on any atom is -0.508 e. The summed E-state index contributed by atoms with van der Waals surface area (Å²) in [6.45, 7) is 0.309. The molecule has 3 rings (SSSR count). The maximum absolute atomic E-state index is 9.21. The second kappa shape index (κ2) is 4.82. The second-order valence-corrected chi connectivity index (χ2v) is 5.02. The summed E-state index contributed by atoms with van der Waals surface area (Å²) in [5, 5.41) is 9.21. The Balaban J connectivity index is 1.68. The van der Waals surface area contributed by atoms with Gasteiger partial charge in [0.1, 0.15) is 5.75 Å². The highest BCUT2D eigenvalue weighted by Crippen LogP contribution is 2.34. The molecule has 4 heteroatoms. The monoisotopic (exact) mass is 260 g/mol. The molecule has 0 aliphatic carbocycles. The lowest BCUT2D eigenvalue weighted by molar-refractivity contribution is 0.174. The van der Waals surface area contributed by atoms with Crippen molar-refractivity contribution in [3.8, 4) is 17.2 Å². The van der Waals surface area contributed by atoms with E-state index in [1.807, 2.05) is 30.3 Å². The van der Waals surface area contributed by atoms with Crippen molar-refractivity contribution in [3.63, 3.8) is 0 Å². The summed E-state index contributed by atoms with van der Waals surface area (Å²) >= 11 is 1.72. The normalized spacial score (nSPS) is 12.7. The van der Waals surface area contributed by atoms with Crippen LogP contribution in [0.3, 0.4) is 0 Å². The van der Waals surface area contributed by atoms with Gasteiger partial charge in [-0.2, -0.15) is 0 Å². The molecule has 1 N–H and O–H groups in total. The highest BCUT2D eigenvalue weighted by molar-refractivity contribution is 7.98. The van der Waals surface area contributed by atoms with Crippen LogP contribution in [-0.4, -0.2) is 11.9 Å². The highest BCUT2D eigenvalue weighted by Gasteiger charge is 2.12. The molecule has 2 aromatic rings. The van der Waals surface area contributed by atoms with Gasteiger partial charge in [-0.1, -0.05) is 6.07 Å². The quantitative estimate of drug-likeness (QED) is 0.858. The molecule has 92 valence electrons. The molecule has 1 aliphatic rings. The predicted octanol–water partition coefficient (Wildman–Crippen LogP) is 3.41. The Bertz CT molecular complexity index is 551. The molecule has 3 nitrogen and oxygen atoms in total. The molecular formula is C14H12O3S. The molecule has 1 heterocycles. The number of phenolic OH excluding ortho intramolecular Hbond substituents is 1. The van der Waals surface area contributed by atoms with Crippen molar-refractivity contribution in [2.45, 2.75) is 10.6 Å². The Hall–Kier alpha value is -1.81. The molecular weight excluding hydrogens is 248 g/mol. The average Bonchev–Trinajstić information content (AvgIpc) is 2.85. The zero-order chi connectivity index (χ0) is 12.4. The standard InChI is InChI=1S/C14H12O3S/c15-11-2-4-12(5-3-11)18-8-10-1-6-13-14(7-10)17-9-16-13/h1-7,15H,8-9H2. The van der Waals surface area contributed by atoms with Crippen molar-refractivity contribution < 1.29 is 14.6 Å². The molecule has 0 amide bonds. The minimum absolute atomic E-state index is 0.294. The number of fused-ring (bicyclic) bond motifs is 1. The van der Waals surface area contributed by atoms with Crippen molar-refractivity contribution in [3.05, 3.63) is 48.0 Å². The summed E-state index contributed by atoms with van der Waals surface area (Å²) in [5.41, 5.74) is 1.19. The highest BCUT2D eigenvalue weighted by atomic mass is 32.2. The van der Waals surface area contributed by atoms with Gasteiger partial charge in [-0.3, -0.25) is 0 Å².